The van der Waals surface area contributed by atoms with Crippen molar-refractivity contribution < 1.29 is 22.4 Å². The van der Waals surface area contributed by atoms with Gasteiger partial charge < -0.3 is 5.32 Å². The minimum absolute atomic E-state index is 0.00347. The molecule has 1 saturated heterocycles. The molecule has 0 spiro atoms. The Morgan fingerprint density at radius 3 is 2.45 bits per heavy atom. The third kappa shape index (κ3) is 4.92. The second-order valence-corrected chi connectivity index (χ2v) is 11.0. The molecule has 2 amide bonds. The molecule has 1 aromatic rings. The molecule has 1 heterocycles. The maximum absolute atomic E-state index is 13.7. The molecule has 0 unspecified atom stereocenters. The summed E-state index contributed by atoms with van der Waals surface area (Å²) >= 11 is 0. The van der Waals surface area contributed by atoms with Crippen molar-refractivity contribution in [2.24, 2.45) is 0 Å². The molecule has 0 aromatic heterocycles. The Hall–Kier alpha value is -2.00. The van der Waals surface area contributed by atoms with Crippen molar-refractivity contribution in [1.82, 2.24) is 9.62 Å². The lowest BCUT2D eigenvalue weighted by atomic mass is 9.92. The highest BCUT2D eigenvalue weighted by atomic mass is 32.2. The largest absolute Gasteiger partial charge is 0.351 e. The van der Waals surface area contributed by atoms with Crippen LogP contribution >= 0.6 is 0 Å². The molecule has 1 aromatic carbocycles. The van der Waals surface area contributed by atoms with Crippen molar-refractivity contribution >= 4 is 27.5 Å². The maximum atomic E-state index is 13.7. The highest BCUT2D eigenvalue weighted by Gasteiger charge is 2.51. The third-order valence-corrected chi connectivity index (χ3v) is 8.15. The van der Waals surface area contributed by atoms with Crippen molar-refractivity contribution in [1.29, 1.82) is 0 Å². The molecule has 1 N–H and O–H groups in total. The summed E-state index contributed by atoms with van der Waals surface area (Å²) in [4.78, 5) is 28.1. The van der Waals surface area contributed by atoms with Crippen LogP contribution in [0.4, 0.5) is 10.1 Å². The first-order chi connectivity index (χ1) is 14.6. The SMILES string of the molecule is CCS(=O)(=O)N1CC(=O)N(c2ccc(F)cc2C)[C@@](C)(C(=O)NC2CCCCCC2)C1. The van der Waals surface area contributed by atoms with E-state index in [1.807, 2.05) is 0 Å². The van der Waals surface area contributed by atoms with E-state index in [-0.39, 0.29) is 30.8 Å². The number of nitrogens with one attached hydrogen (secondary N) is 1. The molecule has 0 radical (unpaired) electrons. The average molecular weight is 454 g/mol. The zero-order valence-electron chi connectivity index (χ0n) is 18.5. The molecule has 2 aliphatic rings. The van der Waals surface area contributed by atoms with Gasteiger partial charge in [-0.15, -0.1) is 0 Å². The van der Waals surface area contributed by atoms with Gasteiger partial charge in [0, 0.05) is 18.3 Å². The summed E-state index contributed by atoms with van der Waals surface area (Å²) in [5, 5.41) is 3.08. The first kappa shape index (κ1) is 23.7. The molecule has 7 nitrogen and oxygen atoms in total. The van der Waals surface area contributed by atoms with E-state index < -0.39 is 27.3 Å². The molecule has 1 saturated carbocycles. The van der Waals surface area contributed by atoms with Gasteiger partial charge in [-0.1, -0.05) is 25.7 Å². The quantitative estimate of drug-likeness (QED) is 0.695. The van der Waals surface area contributed by atoms with E-state index in [1.54, 1.807) is 13.8 Å². The fourth-order valence-electron chi connectivity index (χ4n) is 4.55. The summed E-state index contributed by atoms with van der Waals surface area (Å²) in [6.45, 7) is 4.28. The first-order valence-electron chi connectivity index (χ1n) is 11.0. The van der Waals surface area contributed by atoms with Crippen LogP contribution in [-0.2, 0) is 19.6 Å². The van der Waals surface area contributed by atoms with Crippen molar-refractivity contribution in [3.05, 3.63) is 29.6 Å². The molecule has 1 aliphatic heterocycles. The van der Waals surface area contributed by atoms with Gasteiger partial charge in [-0.3, -0.25) is 14.5 Å². The van der Waals surface area contributed by atoms with Crippen LogP contribution in [0.15, 0.2) is 18.2 Å². The van der Waals surface area contributed by atoms with Crippen LogP contribution in [0.5, 0.6) is 0 Å². The highest BCUT2D eigenvalue weighted by molar-refractivity contribution is 7.89. The number of aryl methyl sites for hydroxylation is 1. The number of carbonyl (C=O) groups is 2. The van der Waals surface area contributed by atoms with E-state index in [0.29, 0.717) is 11.3 Å². The van der Waals surface area contributed by atoms with Gasteiger partial charge >= 0.3 is 0 Å². The van der Waals surface area contributed by atoms with Crippen molar-refractivity contribution in [2.45, 2.75) is 70.9 Å². The van der Waals surface area contributed by atoms with E-state index in [9.17, 15) is 22.4 Å². The van der Waals surface area contributed by atoms with E-state index >= 15 is 0 Å². The Morgan fingerprint density at radius 1 is 1.23 bits per heavy atom. The second kappa shape index (κ2) is 9.24. The number of sulfonamides is 1. The van der Waals surface area contributed by atoms with Gasteiger partial charge in [-0.2, -0.15) is 4.31 Å². The van der Waals surface area contributed by atoms with Crippen molar-refractivity contribution in [2.75, 3.05) is 23.7 Å². The number of benzene rings is 1. The zero-order chi connectivity index (χ0) is 22.8. The van der Waals surface area contributed by atoms with Gasteiger partial charge in [0.05, 0.1) is 12.3 Å². The van der Waals surface area contributed by atoms with Crippen LogP contribution in [0.1, 0.15) is 57.9 Å². The number of piperazine rings is 1. The number of anilines is 1. The van der Waals surface area contributed by atoms with Gasteiger partial charge in [-0.25, -0.2) is 12.8 Å². The lowest BCUT2D eigenvalue weighted by molar-refractivity contribution is -0.133. The summed E-state index contributed by atoms with van der Waals surface area (Å²) < 4.78 is 39.9. The Labute approximate surface area is 184 Å². The monoisotopic (exact) mass is 453 g/mol. The predicted molar refractivity (Wildman–Crippen MR) is 118 cm³/mol. The first-order valence-corrected chi connectivity index (χ1v) is 12.6. The summed E-state index contributed by atoms with van der Waals surface area (Å²) in [5.74, 6) is -1.48. The second-order valence-electron chi connectivity index (χ2n) is 8.76. The van der Waals surface area contributed by atoms with E-state index in [0.717, 1.165) is 42.8 Å². The summed E-state index contributed by atoms with van der Waals surface area (Å²) in [6, 6.07) is 4.02. The average Bonchev–Trinajstić information content (AvgIpc) is 2.97. The summed E-state index contributed by atoms with van der Waals surface area (Å²) in [6.07, 6.45) is 6.04. The Bertz CT molecular complexity index is 944. The van der Waals surface area contributed by atoms with Gasteiger partial charge in [0.2, 0.25) is 21.8 Å². The van der Waals surface area contributed by atoms with Crippen LogP contribution in [0.3, 0.4) is 0 Å². The van der Waals surface area contributed by atoms with Gasteiger partial charge in [-0.05, 0) is 57.4 Å². The molecule has 1 aliphatic carbocycles. The molecule has 1 atom stereocenters. The number of hydrogen-bond acceptors (Lipinski definition) is 4. The molecule has 2 fully saturated rings. The van der Waals surface area contributed by atoms with Crippen LogP contribution in [0, 0.1) is 12.7 Å². The normalized spacial score (nSPS) is 24.1. The Kier molecular flexibility index (Phi) is 7.05. The molecule has 3 rings (SSSR count). The Morgan fingerprint density at radius 2 is 1.87 bits per heavy atom. The number of nitrogens with zero attached hydrogens (tertiary/aromatic N) is 2. The van der Waals surface area contributed by atoms with E-state index in [1.165, 1.54) is 30.0 Å². The lowest BCUT2D eigenvalue weighted by Gasteiger charge is -2.47. The zero-order valence-corrected chi connectivity index (χ0v) is 19.3. The number of halogens is 1. The van der Waals surface area contributed by atoms with Gasteiger partial charge in [0.25, 0.3) is 0 Å². The number of hydrogen-bond donors (Lipinski definition) is 1. The molecule has 0 bridgehead atoms. The summed E-state index contributed by atoms with van der Waals surface area (Å²) in [7, 11) is -3.67. The Balaban J connectivity index is 2.00. The minimum Gasteiger partial charge on any atom is -0.351 e. The highest BCUT2D eigenvalue weighted by Crippen LogP contribution is 2.33. The number of rotatable bonds is 5. The molecular formula is C22H32FN3O4S. The minimum atomic E-state index is -3.67. The molecule has 9 heteroatoms. The van der Waals surface area contributed by atoms with Crippen molar-refractivity contribution in [3.8, 4) is 0 Å². The lowest BCUT2D eigenvalue weighted by Crippen LogP contribution is -2.71. The molecular weight excluding hydrogens is 421 g/mol. The maximum Gasteiger partial charge on any atom is 0.247 e. The van der Waals surface area contributed by atoms with Gasteiger partial charge in [0.1, 0.15) is 11.4 Å². The van der Waals surface area contributed by atoms with Crippen LogP contribution in [0.2, 0.25) is 0 Å². The van der Waals surface area contributed by atoms with Crippen molar-refractivity contribution in [3.63, 3.8) is 0 Å². The van der Waals surface area contributed by atoms with Gasteiger partial charge in [0.15, 0.2) is 0 Å². The fraction of sp³-hybridized carbons (Fsp3) is 0.636. The number of carbonyl (C=O) groups excluding carboxylic acids is 2. The third-order valence-electron chi connectivity index (χ3n) is 6.38. The summed E-state index contributed by atoms with van der Waals surface area (Å²) in [5.41, 5.74) is -0.529. The van der Waals surface area contributed by atoms with Crippen LogP contribution in [0.25, 0.3) is 0 Å². The fourth-order valence-corrected chi connectivity index (χ4v) is 5.67. The van der Waals surface area contributed by atoms with E-state index in [4.69, 9.17) is 0 Å². The smallest absolute Gasteiger partial charge is 0.247 e. The molecule has 172 valence electrons. The topological polar surface area (TPSA) is 86.8 Å². The number of amides is 2. The van der Waals surface area contributed by atoms with E-state index in [2.05, 4.69) is 5.32 Å². The predicted octanol–water partition coefficient (Wildman–Crippen LogP) is 2.73. The molecule has 31 heavy (non-hydrogen) atoms. The standard InChI is InChI=1S/C22H32FN3O4S/c1-4-31(29,30)25-14-20(27)26(19-12-11-17(23)13-16(19)2)22(3,15-25)21(28)24-18-9-7-5-6-8-10-18/h11-13,18H,4-10,14-15H2,1-3H3,(H,24,28)/t22-/m1/s1. The van der Waals surface area contributed by atoms with Crippen LogP contribution < -0.4 is 10.2 Å². The van der Waals surface area contributed by atoms with Crippen LogP contribution in [-0.4, -0.2) is 55.0 Å².